The summed E-state index contributed by atoms with van der Waals surface area (Å²) >= 11 is 0. The molecule has 3 aromatic rings. The lowest BCUT2D eigenvalue weighted by Gasteiger charge is -2.13. The molecule has 1 aromatic carbocycles. The maximum atomic E-state index is 12.6. The van der Waals surface area contributed by atoms with Crippen LogP contribution in [0.3, 0.4) is 0 Å². The second kappa shape index (κ2) is 8.26. The van der Waals surface area contributed by atoms with Gasteiger partial charge in [-0.15, -0.1) is 0 Å². The van der Waals surface area contributed by atoms with E-state index in [2.05, 4.69) is 9.97 Å². The number of benzene rings is 1. The molecule has 0 amide bonds. The number of aryl methyl sites for hydroxylation is 1. The van der Waals surface area contributed by atoms with Crippen molar-refractivity contribution in [2.24, 2.45) is 0 Å². The van der Waals surface area contributed by atoms with Crippen molar-refractivity contribution >= 4 is 23.3 Å². The van der Waals surface area contributed by atoms with Crippen LogP contribution in [0.4, 0.5) is 0 Å². The van der Waals surface area contributed by atoms with Crippen LogP contribution < -0.4 is 25.5 Å². The fourth-order valence-electron chi connectivity index (χ4n) is 3.25. The maximum Gasteiger partial charge on any atom is 0.332 e. The Bertz CT molecular complexity index is 1190. The molecule has 0 aliphatic heterocycles. The van der Waals surface area contributed by atoms with E-state index in [9.17, 15) is 9.59 Å². The first-order valence-corrected chi connectivity index (χ1v) is 9.21. The number of fused-ring (bicyclic) bond motifs is 1. The number of aromatic amines is 1. The van der Waals surface area contributed by atoms with Gasteiger partial charge in [-0.2, -0.15) is 0 Å². The highest BCUT2D eigenvalue weighted by molar-refractivity contribution is 5.78. The summed E-state index contributed by atoms with van der Waals surface area (Å²) in [7, 11) is 4.64. The van der Waals surface area contributed by atoms with Crippen molar-refractivity contribution in [2.45, 2.75) is 26.9 Å². The third-order valence-corrected chi connectivity index (χ3v) is 4.67. The Labute approximate surface area is 167 Å². The highest BCUT2D eigenvalue weighted by Gasteiger charge is 2.16. The van der Waals surface area contributed by atoms with Gasteiger partial charge >= 0.3 is 5.69 Å². The van der Waals surface area contributed by atoms with Crippen LogP contribution in [0.2, 0.25) is 0 Å². The summed E-state index contributed by atoms with van der Waals surface area (Å²) in [6.07, 6.45) is 3.50. The summed E-state index contributed by atoms with van der Waals surface area (Å²) in [5.41, 5.74) is 0.631. The summed E-state index contributed by atoms with van der Waals surface area (Å²) in [6.45, 7) is 4.30. The van der Waals surface area contributed by atoms with Gasteiger partial charge in [0.15, 0.2) is 17.1 Å². The van der Waals surface area contributed by atoms with Gasteiger partial charge in [0.1, 0.15) is 11.3 Å². The van der Waals surface area contributed by atoms with E-state index in [4.69, 9.17) is 14.2 Å². The fraction of sp³-hybridized carbons (Fsp3) is 0.350. The zero-order chi connectivity index (χ0) is 21.1. The molecule has 0 bridgehead atoms. The third kappa shape index (κ3) is 3.39. The maximum absolute atomic E-state index is 12.6. The van der Waals surface area contributed by atoms with Crippen LogP contribution in [-0.4, -0.2) is 40.4 Å². The average Bonchev–Trinajstić information content (AvgIpc) is 3.16. The molecule has 0 radical (unpaired) electrons. The molecular formula is C20H24N4O5. The SMILES string of the molecule is CCn1c(=O)c2[nH]c(/C=C/c3ccc(OC)c(OC)c3OC)nc2n(CC)c1=O. The Balaban J connectivity index is 2.12. The molecule has 0 atom stereocenters. The molecule has 2 aromatic heterocycles. The fourth-order valence-corrected chi connectivity index (χ4v) is 3.25. The second-order valence-corrected chi connectivity index (χ2v) is 6.15. The minimum atomic E-state index is -0.381. The van der Waals surface area contributed by atoms with Crippen LogP contribution in [0.1, 0.15) is 25.2 Å². The van der Waals surface area contributed by atoms with E-state index in [1.807, 2.05) is 13.0 Å². The first-order valence-electron chi connectivity index (χ1n) is 9.21. The van der Waals surface area contributed by atoms with Crippen LogP contribution in [0.5, 0.6) is 17.2 Å². The molecule has 0 unspecified atom stereocenters. The quantitative estimate of drug-likeness (QED) is 0.652. The van der Waals surface area contributed by atoms with Gasteiger partial charge < -0.3 is 19.2 Å². The molecule has 154 valence electrons. The molecule has 0 saturated carbocycles. The number of hydrogen-bond acceptors (Lipinski definition) is 6. The van der Waals surface area contributed by atoms with E-state index in [0.717, 1.165) is 5.56 Å². The van der Waals surface area contributed by atoms with Crippen LogP contribution in [0, 0.1) is 0 Å². The third-order valence-electron chi connectivity index (χ3n) is 4.67. The van der Waals surface area contributed by atoms with Crippen LogP contribution in [0.25, 0.3) is 23.3 Å². The van der Waals surface area contributed by atoms with Gasteiger partial charge in [0, 0.05) is 18.7 Å². The number of imidazole rings is 1. The number of ether oxygens (including phenoxy) is 3. The molecule has 9 heteroatoms. The predicted molar refractivity (Wildman–Crippen MR) is 111 cm³/mol. The molecule has 0 spiro atoms. The smallest absolute Gasteiger partial charge is 0.332 e. The van der Waals surface area contributed by atoms with Gasteiger partial charge in [-0.1, -0.05) is 0 Å². The minimum absolute atomic E-state index is 0.292. The van der Waals surface area contributed by atoms with Gasteiger partial charge in [0.2, 0.25) is 5.75 Å². The van der Waals surface area contributed by atoms with Crippen molar-refractivity contribution in [3.63, 3.8) is 0 Å². The molecule has 1 N–H and O–H groups in total. The highest BCUT2D eigenvalue weighted by Crippen LogP contribution is 2.40. The molecule has 0 aliphatic carbocycles. The number of nitrogens with one attached hydrogen (secondary N) is 1. The van der Waals surface area contributed by atoms with E-state index in [1.165, 1.54) is 16.2 Å². The van der Waals surface area contributed by atoms with E-state index in [-0.39, 0.29) is 11.2 Å². The lowest BCUT2D eigenvalue weighted by molar-refractivity contribution is 0.324. The molecule has 29 heavy (non-hydrogen) atoms. The number of H-pyrrole nitrogens is 1. The van der Waals surface area contributed by atoms with E-state index >= 15 is 0 Å². The van der Waals surface area contributed by atoms with Gasteiger partial charge in [-0.25, -0.2) is 9.78 Å². The number of rotatable bonds is 7. The first-order chi connectivity index (χ1) is 14.0. The zero-order valence-electron chi connectivity index (χ0n) is 17.1. The summed E-state index contributed by atoms with van der Waals surface area (Å²) in [6, 6.07) is 3.60. The van der Waals surface area contributed by atoms with E-state index in [1.54, 1.807) is 39.4 Å². The lowest BCUT2D eigenvalue weighted by atomic mass is 10.1. The number of hydrogen-bond donors (Lipinski definition) is 1. The molecular weight excluding hydrogens is 376 g/mol. The van der Waals surface area contributed by atoms with Gasteiger partial charge in [0.05, 0.1) is 21.3 Å². The van der Waals surface area contributed by atoms with Gasteiger partial charge in [-0.3, -0.25) is 13.9 Å². The molecule has 3 rings (SSSR count). The molecule has 2 heterocycles. The van der Waals surface area contributed by atoms with Crippen molar-refractivity contribution in [3.8, 4) is 17.2 Å². The van der Waals surface area contributed by atoms with Crippen molar-refractivity contribution < 1.29 is 14.2 Å². The van der Waals surface area contributed by atoms with Crippen molar-refractivity contribution in [3.05, 3.63) is 44.4 Å². The molecule has 0 aliphatic rings. The van der Waals surface area contributed by atoms with E-state index < -0.39 is 0 Å². The minimum Gasteiger partial charge on any atom is -0.493 e. The topological polar surface area (TPSA) is 100 Å². The number of methoxy groups -OCH3 is 3. The summed E-state index contributed by atoms with van der Waals surface area (Å²) < 4.78 is 18.8. The summed E-state index contributed by atoms with van der Waals surface area (Å²) in [4.78, 5) is 32.5. The zero-order valence-corrected chi connectivity index (χ0v) is 17.1. The summed E-state index contributed by atoms with van der Waals surface area (Å²) in [5, 5.41) is 0. The summed E-state index contributed by atoms with van der Waals surface area (Å²) in [5.74, 6) is 1.99. The Hall–Kier alpha value is -3.49. The number of nitrogens with zero attached hydrogens (tertiary/aromatic N) is 3. The van der Waals surface area contributed by atoms with Gasteiger partial charge in [-0.05, 0) is 38.1 Å². The first kappa shape index (κ1) is 20.2. The Morgan fingerprint density at radius 1 is 0.966 bits per heavy atom. The standard InChI is InChI=1S/C20H24N4O5/c1-6-23-18-15(19(25)24(7-2)20(23)26)21-14(22-18)11-9-12-8-10-13(27-3)17(29-5)16(12)28-4/h8-11H,6-7H2,1-5H3,(H,21,22)/b11-9+. The van der Waals surface area contributed by atoms with Crippen LogP contribution in [-0.2, 0) is 13.1 Å². The van der Waals surface area contributed by atoms with Crippen molar-refractivity contribution in [2.75, 3.05) is 21.3 Å². The van der Waals surface area contributed by atoms with Gasteiger partial charge in [0.25, 0.3) is 5.56 Å². The van der Waals surface area contributed by atoms with E-state index in [0.29, 0.717) is 47.3 Å². The largest absolute Gasteiger partial charge is 0.493 e. The second-order valence-electron chi connectivity index (χ2n) is 6.15. The highest BCUT2D eigenvalue weighted by atomic mass is 16.5. The Kier molecular flexibility index (Phi) is 5.76. The van der Waals surface area contributed by atoms with Crippen LogP contribution in [0.15, 0.2) is 21.7 Å². The predicted octanol–water partition coefficient (Wildman–Crippen LogP) is 2.12. The van der Waals surface area contributed by atoms with Crippen LogP contribution >= 0.6 is 0 Å². The normalized spacial score (nSPS) is 11.3. The molecule has 0 saturated heterocycles. The Morgan fingerprint density at radius 3 is 2.24 bits per heavy atom. The monoisotopic (exact) mass is 400 g/mol. The molecule has 9 nitrogen and oxygen atoms in total. The Morgan fingerprint density at radius 2 is 1.66 bits per heavy atom. The lowest BCUT2D eigenvalue weighted by Crippen LogP contribution is -2.39. The number of aromatic nitrogens is 4. The average molecular weight is 400 g/mol. The van der Waals surface area contributed by atoms with Crippen molar-refractivity contribution in [1.29, 1.82) is 0 Å². The molecule has 0 fully saturated rings. The van der Waals surface area contributed by atoms with Crippen molar-refractivity contribution in [1.82, 2.24) is 19.1 Å².